The number of aryl methyl sites for hydroxylation is 1. The summed E-state index contributed by atoms with van der Waals surface area (Å²) in [6, 6.07) is 3.34. The van der Waals surface area contributed by atoms with Gasteiger partial charge in [-0.15, -0.1) is 0 Å². The van der Waals surface area contributed by atoms with Crippen molar-refractivity contribution in [3.8, 4) is 0 Å². The van der Waals surface area contributed by atoms with Crippen molar-refractivity contribution in [2.75, 3.05) is 32.7 Å². The molecule has 0 radical (unpaired) electrons. The molecule has 1 aliphatic rings. The van der Waals surface area contributed by atoms with Crippen LogP contribution in [0.5, 0.6) is 0 Å². The summed E-state index contributed by atoms with van der Waals surface area (Å²) in [6.45, 7) is 9.35. The molecule has 0 saturated carbocycles. The fourth-order valence-electron chi connectivity index (χ4n) is 3.09. The van der Waals surface area contributed by atoms with Gasteiger partial charge in [-0.2, -0.15) is 9.40 Å². The van der Waals surface area contributed by atoms with Gasteiger partial charge < -0.3 is 4.57 Å². The maximum Gasteiger partial charge on any atom is 0.266 e. The minimum absolute atomic E-state index is 0.0817. The van der Waals surface area contributed by atoms with Gasteiger partial charge >= 0.3 is 0 Å². The molecule has 0 unspecified atom stereocenters. The van der Waals surface area contributed by atoms with Crippen LogP contribution in [0.25, 0.3) is 0 Å². The fourth-order valence-corrected chi connectivity index (χ4v) is 4.48. The zero-order chi connectivity index (χ0) is 20.5. The number of imidazole rings is 1. The van der Waals surface area contributed by atoms with Gasteiger partial charge in [0, 0.05) is 57.4 Å². The van der Waals surface area contributed by atoms with E-state index in [1.165, 1.54) is 21.5 Å². The van der Waals surface area contributed by atoms with Crippen LogP contribution >= 0.6 is 0 Å². The second kappa shape index (κ2) is 7.76. The molecule has 2 aromatic heterocycles. The Balaban J connectivity index is 1.59. The summed E-state index contributed by atoms with van der Waals surface area (Å²) in [5.41, 5.74) is 0.628. The van der Waals surface area contributed by atoms with Crippen LogP contribution in [-0.2, 0) is 29.0 Å². The highest BCUT2D eigenvalue weighted by atomic mass is 32.2. The molecule has 0 atom stereocenters. The van der Waals surface area contributed by atoms with E-state index in [1.807, 2.05) is 0 Å². The third-order valence-corrected chi connectivity index (χ3v) is 6.66. The molecule has 1 saturated heterocycles. The SMILES string of the molecule is Cn1cnc(S(=O)(=O)N2CCN(CCn3nc(C(C)(C)C)ccc3=O)CC2)c1. The van der Waals surface area contributed by atoms with Crippen LogP contribution in [-0.4, -0.2) is 69.7 Å². The normalized spacial score (nSPS) is 17.1. The van der Waals surface area contributed by atoms with Gasteiger partial charge in [0.1, 0.15) is 0 Å². The first-order chi connectivity index (χ1) is 13.1. The summed E-state index contributed by atoms with van der Waals surface area (Å²) < 4.78 is 29.9. The molecule has 28 heavy (non-hydrogen) atoms. The number of aromatic nitrogens is 4. The molecule has 154 valence electrons. The van der Waals surface area contributed by atoms with Crippen LogP contribution in [0.2, 0.25) is 0 Å². The summed E-state index contributed by atoms with van der Waals surface area (Å²) in [4.78, 5) is 18.2. The Kier molecular flexibility index (Phi) is 5.74. The predicted octanol–water partition coefficient (Wildman–Crippen LogP) is 0.281. The van der Waals surface area contributed by atoms with E-state index < -0.39 is 10.0 Å². The van der Waals surface area contributed by atoms with Crippen molar-refractivity contribution in [1.29, 1.82) is 0 Å². The summed E-state index contributed by atoms with van der Waals surface area (Å²) in [5.74, 6) is 0. The van der Waals surface area contributed by atoms with Crippen LogP contribution in [0.3, 0.4) is 0 Å². The smallest absolute Gasteiger partial charge is 0.266 e. The third-order valence-electron chi connectivity index (χ3n) is 4.88. The zero-order valence-corrected chi connectivity index (χ0v) is 17.7. The van der Waals surface area contributed by atoms with Crippen LogP contribution in [0.15, 0.2) is 34.5 Å². The average molecular weight is 409 g/mol. The summed E-state index contributed by atoms with van der Waals surface area (Å²) in [6.07, 6.45) is 3.00. The van der Waals surface area contributed by atoms with Crippen LogP contribution in [0.4, 0.5) is 0 Å². The maximum atomic E-state index is 12.6. The highest BCUT2D eigenvalue weighted by Gasteiger charge is 2.30. The number of sulfonamides is 1. The quantitative estimate of drug-likeness (QED) is 0.706. The molecule has 3 rings (SSSR count). The Bertz CT molecular complexity index is 981. The Morgan fingerprint density at radius 1 is 1.07 bits per heavy atom. The molecule has 0 spiro atoms. The Labute approximate surface area is 165 Å². The third kappa shape index (κ3) is 4.50. The van der Waals surface area contributed by atoms with E-state index in [4.69, 9.17) is 0 Å². The molecule has 0 bridgehead atoms. The standard InChI is InChI=1S/C18H28N6O3S/c1-18(2,3)15-5-6-17(25)24(20-15)12-9-22-7-10-23(11-8-22)28(26,27)16-13-21(4)14-19-16/h5-6,13-14H,7-12H2,1-4H3. The van der Waals surface area contributed by atoms with Crippen molar-refractivity contribution in [2.45, 2.75) is 37.8 Å². The summed E-state index contributed by atoms with van der Waals surface area (Å²) in [7, 11) is -1.81. The second-order valence-electron chi connectivity index (χ2n) is 8.15. The largest absolute Gasteiger partial charge is 0.339 e. The molecule has 0 aromatic carbocycles. The van der Waals surface area contributed by atoms with E-state index in [0.29, 0.717) is 39.3 Å². The minimum atomic E-state index is -3.55. The first-order valence-electron chi connectivity index (χ1n) is 9.36. The lowest BCUT2D eigenvalue weighted by Crippen LogP contribution is -2.49. The summed E-state index contributed by atoms with van der Waals surface area (Å²) in [5, 5.41) is 4.57. The van der Waals surface area contributed by atoms with Crippen molar-refractivity contribution in [2.24, 2.45) is 7.05 Å². The van der Waals surface area contributed by atoms with Crippen molar-refractivity contribution < 1.29 is 8.42 Å². The monoisotopic (exact) mass is 408 g/mol. The van der Waals surface area contributed by atoms with Gasteiger partial charge in [0.25, 0.3) is 15.6 Å². The Hall–Kier alpha value is -2.04. The van der Waals surface area contributed by atoms with E-state index in [0.717, 1.165) is 5.69 Å². The van der Waals surface area contributed by atoms with E-state index in [9.17, 15) is 13.2 Å². The van der Waals surface area contributed by atoms with Crippen molar-refractivity contribution in [3.05, 3.63) is 40.7 Å². The number of nitrogens with zero attached hydrogens (tertiary/aromatic N) is 6. The molecule has 3 heterocycles. The first-order valence-corrected chi connectivity index (χ1v) is 10.8. The van der Waals surface area contributed by atoms with Crippen molar-refractivity contribution >= 4 is 10.0 Å². The van der Waals surface area contributed by atoms with E-state index in [-0.39, 0.29) is 16.0 Å². The summed E-state index contributed by atoms with van der Waals surface area (Å²) >= 11 is 0. The zero-order valence-electron chi connectivity index (χ0n) is 16.9. The van der Waals surface area contributed by atoms with Gasteiger partial charge in [0.15, 0.2) is 5.03 Å². The molecule has 9 nitrogen and oxygen atoms in total. The second-order valence-corrected chi connectivity index (χ2v) is 10.0. The van der Waals surface area contributed by atoms with Gasteiger partial charge in [-0.05, 0) is 6.07 Å². The highest BCUT2D eigenvalue weighted by molar-refractivity contribution is 7.89. The molecule has 0 aliphatic carbocycles. The Morgan fingerprint density at radius 3 is 2.32 bits per heavy atom. The number of rotatable bonds is 5. The lowest BCUT2D eigenvalue weighted by Gasteiger charge is -2.33. The molecule has 0 N–H and O–H groups in total. The predicted molar refractivity (Wildman–Crippen MR) is 106 cm³/mol. The average Bonchev–Trinajstić information content (AvgIpc) is 3.08. The minimum Gasteiger partial charge on any atom is -0.339 e. The highest BCUT2D eigenvalue weighted by Crippen LogP contribution is 2.18. The molecular weight excluding hydrogens is 380 g/mol. The van der Waals surface area contributed by atoms with E-state index in [2.05, 4.69) is 35.8 Å². The maximum absolute atomic E-state index is 12.6. The van der Waals surface area contributed by atoms with Crippen LogP contribution in [0, 0.1) is 0 Å². The van der Waals surface area contributed by atoms with Crippen LogP contribution in [0.1, 0.15) is 26.5 Å². The number of piperazine rings is 1. The van der Waals surface area contributed by atoms with Crippen LogP contribution < -0.4 is 5.56 Å². The number of hydrogen-bond acceptors (Lipinski definition) is 6. The molecule has 1 aliphatic heterocycles. The van der Waals surface area contributed by atoms with Crippen molar-refractivity contribution in [3.63, 3.8) is 0 Å². The van der Waals surface area contributed by atoms with Gasteiger partial charge in [-0.25, -0.2) is 18.1 Å². The molecule has 10 heteroatoms. The first kappa shape index (κ1) is 20.7. The van der Waals surface area contributed by atoms with Gasteiger partial charge in [0.2, 0.25) is 0 Å². The van der Waals surface area contributed by atoms with Gasteiger partial charge in [-0.3, -0.25) is 9.69 Å². The molecule has 1 fully saturated rings. The van der Waals surface area contributed by atoms with E-state index in [1.54, 1.807) is 23.7 Å². The lowest BCUT2D eigenvalue weighted by atomic mass is 9.92. The topological polar surface area (TPSA) is 93.3 Å². The molecule has 2 aromatic rings. The van der Waals surface area contributed by atoms with Gasteiger partial charge in [0.05, 0.1) is 18.6 Å². The number of hydrogen-bond donors (Lipinski definition) is 0. The lowest BCUT2D eigenvalue weighted by molar-refractivity contribution is 0.179. The molecular formula is C18H28N6O3S. The van der Waals surface area contributed by atoms with Crippen molar-refractivity contribution in [1.82, 2.24) is 28.5 Å². The fraction of sp³-hybridized carbons (Fsp3) is 0.611. The van der Waals surface area contributed by atoms with E-state index >= 15 is 0 Å². The van der Waals surface area contributed by atoms with Gasteiger partial charge in [-0.1, -0.05) is 20.8 Å². The molecule has 0 amide bonds. The Morgan fingerprint density at radius 2 is 1.75 bits per heavy atom.